The number of nitrogens with zero attached hydrogens (tertiary/aromatic N) is 3. The van der Waals surface area contributed by atoms with Crippen LogP contribution in [0.4, 0.5) is 0 Å². The van der Waals surface area contributed by atoms with Crippen LogP contribution in [0.5, 0.6) is 0 Å². The molecule has 0 bridgehead atoms. The largest absolute Gasteiger partial charge is 0.385 e. The number of aryl methyl sites for hydroxylation is 1. The van der Waals surface area contributed by atoms with E-state index >= 15 is 0 Å². The van der Waals surface area contributed by atoms with Crippen LogP contribution in [0.25, 0.3) is 0 Å². The second-order valence-electron chi connectivity index (χ2n) is 4.14. The molecule has 1 aromatic rings. The normalized spacial score (nSPS) is 19.8. The van der Waals surface area contributed by atoms with Gasteiger partial charge in [0.2, 0.25) is 0 Å². The van der Waals surface area contributed by atoms with Gasteiger partial charge in [-0.25, -0.2) is 0 Å². The molecule has 2 heterocycles. The van der Waals surface area contributed by atoms with Crippen LogP contribution >= 0.6 is 0 Å². The number of methoxy groups -OCH3 is 1. The van der Waals surface area contributed by atoms with Crippen molar-refractivity contribution in [3.8, 4) is 0 Å². The predicted octanol–water partition coefficient (Wildman–Crippen LogP) is 0.911. The second kappa shape index (κ2) is 5.41. The summed E-state index contributed by atoms with van der Waals surface area (Å²) in [6, 6.07) is 0.373. The van der Waals surface area contributed by atoms with Gasteiger partial charge in [0.15, 0.2) is 0 Å². The third-order valence-corrected chi connectivity index (χ3v) is 3.05. The van der Waals surface area contributed by atoms with Crippen LogP contribution in [0.1, 0.15) is 37.5 Å². The lowest BCUT2D eigenvalue weighted by molar-refractivity contribution is 0.194. The Bertz CT molecular complexity index is 337. The van der Waals surface area contributed by atoms with Crippen molar-refractivity contribution < 1.29 is 4.74 Å². The quantitative estimate of drug-likeness (QED) is 0.755. The number of fused-ring (bicyclic) bond motifs is 1. The molecular weight excluding hydrogens is 204 g/mol. The van der Waals surface area contributed by atoms with Crippen molar-refractivity contribution in [1.82, 2.24) is 20.1 Å². The molecule has 1 aromatic heterocycles. The molecular formula is C11H20N4O. The van der Waals surface area contributed by atoms with Crippen LogP contribution in [0.2, 0.25) is 0 Å². The zero-order chi connectivity index (χ0) is 11.4. The Morgan fingerprint density at radius 3 is 3.12 bits per heavy atom. The first-order valence-corrected chi connectivity index (χ1v) is 6.01. The SMILES string of the molecule is CCC1NCCn2c(CCCOC)nnc21. The third-order valence-electron chi connectivity index (χ3n) is 3.05. The Hall–Kier alpha value is -0.940. The lowest BCUT2D eigenvalue weighted by Crippen LogP contribution is -2.33. The van der Waals surface area contributed by atoms with E-state index in [4.69, 9.17) is 4.74 Å². The maximum atomic E-state index is 5.06. The van der Waals surface area contributed by atoms with E-state index in [9.17, 15) is 0 Å². The summed E-state index contributed by atoms with van der Waals surface area (Å²) in [6.07, 6.45) is 3.03. The van der Waals surface area contributed by atoms with Crippen LogP contribution in [0.3, 0.4) is 0 Å². The summed E-state index contributed by atoms with van der Waals surface area (Å²) in [6.45, 7) is 4.96. The van der Waals surface area contributed by atoms with E-state index in [1.807, 2.05) is 0 Å². The summed E-state index contributed by atoms with van der Waals surface area (Å²) in [5.41, 5.74) is 0. The van der Waals surface area contributed by atoms with Gasteiger partial charge in [-0.1, -0.05) is 6.92 Å². The third kappa shape index (κ3) is 2.25. The number of hydrogen-bond acceptors (Lipinski definition) is 4. The molecule has 1 N–H and O–H groups in total. The summed E-state index contributed by atoms with van der Waals surface area (Å²) < 4.78 is 7.32. The van der Waals surface area contributed by atoms with Gasteiger partial charge in [0, 0.05) is 33.2 Å². The standard InChI is InChI=1S/C11H20N4O/c1-3-9-11-14-13-10(5-4-8-16-2)15(11)7-6-12-9/h9,12H,3-8H2,1-2H3. The Labute approximate surface area is 96.2 Å². The topological polar surface area (TPSA) is 52.0 Å². The van der Waals surface area contributed by atoms with Crippen LogP contribution in [-0.2, 0) is 17.7 Å². The zero-order valence-electron chi connectivity index (χ0n) is 10.1. The Kier molecular flexibility index (Phi) is 3.90. The van der Waals surface area contributed by atoms with E-state index in [0.29, 0.717) is 6.04 Å². The van der Waals surface area contributed by atoms with Crippen molar-refractivity contribution in [2.24, 2.45) is 0 Å². The molecule has 1 atom stereocenters. The molecule has 0 amide bonds. The molecule has 0 fully saturated rings. The van der Waals surface area contributed by atoms with Gasteiger partial charge in [0.25, 0.3) is 0 Å². The van der Waals surface area contributed by atoms with E-state index in [1.54, 1.807) is 7.11 Å². The maximum absolute atomic E-state index is 5.06. The summed E-state index contributed by atoms with van der Waals surface area (Å²) in [7, 11) is 1.73. The Morgan fingerprint density at radius 2 is 2.38 bits per heavy atom. The first kappa shape index (κ1) is 11.5. The highest BCUT2D eigenvalue weighted by atomic mass is 16.5. The molecule has 0 aromatic carbocycles. The highest BCUT2D eigenvalue weighted by molar-refractivity contribution is 5.04. The van der Waals surface area contributed by atoms with Gasteiger partial charge >= 0.3 is 0 Å². The first-order chi connectivity index (χ1) is 7.86. The number of ether oxygens (including phenoxy) is 1. The van der Waals surface area contributed by atoms with Crippen LogP contribution in [-0.4, -0.2) is 35.0 Å². The number of rotatable bonds is 5. The first-order valence-electron chi connectivity index (χ1n) is 6.01. The fourth-order valence-corrected chi connectivity index (χ4v) is 2.18. The van der Waals surface area contributed by atoms with Gasteiger partial charge in [0.05, 0.1) is 6.04 Å². The van der Waals surface area contributed by atoms with Crippen molar-refractivity contribution in [2.75, 3.05) is 20.3 Å². The average molecular weight is 224 g/mol. The molecule has 1 aliphatic rings. The smallest absolute Gasteiger partial charge is 0.150 e. The molecule has 0 aliphatic carbocycles. The van der Waals surface area contributed by atoms with Crippen LogP contribution in [0.15, 0.2) is 0 Å². The Morgan fingerprint density at radius 1 is 1.50 bits per heavy atom. The number of aromatic nitrogens is 3. The van der Waals surface area contributed by atoms with Gasteiger partial charge < -0.3 is 14.6 Å². The molecule has 0 saturated heterocycles. The van der Waals surface area contributed by atoms with Crippen LogP contribution in [0, 0.1) is 0 Å². The fourth-order valence-electron chi connectivity index (χ4n) is 2.18. The van der Waals surface area contributed by atoms with E-state index in [1.165, 1.54) is 0 Å². The predicted molar refractivity (Wildman–Crippen MR) is 61.3 cm³/mol. The molecule has 0 saturated carbocycles. The molecule has 90 valence electrons. The average Bonchev–Trinajstić information content (AvgIpc) is 2.73. The van der Waals surface area contributed by atoms with Gasteiger partial charge in [-0.05, 0) is 12.8 Å². The minimum absolute atomic E-state index is 0.373. The molecule has 1 unspecified atom stereocenters. The van der Waals surface area contributed by atoms with Gasteiger partial charge in [-0.15, -0.1) is 10.2 Å². The highest BCUT2D eigenvalue weighted by Gasteiger charge is 2.22. The molecule has 5 nitrogen and oxygen atoms in total. The van der Waals surface area contributed by atoms with E-state index in [-0.39, 0.29) is 0 Å². The lowest BCUT2D eigenvalue weighted by Gasteiger charge is -2.23. The van der Waals surface area contributed by atoms with Crippen molar-refractivity contribution >= 4 is 0 Å². The monoisotopic (exact) mass is 224 g/mol. The lowest BCUT2D eigenvalue weighted by atomic mass is 10.1. The van der Waals surface area contributed by atoms with Crippen molar-refractivity contribution in [2.45, 2.75) is 38.8 Å². The van der Waals surface area contributed by atoms with Gasteiger partial charge in [-0.2, -0.15) is 0 Å². The summed E-state index contributed by atoms with van der Waals surface area (Å²) in [4.78, 5) is 0. The summed E-state index contributed by atoms with van der Waals surface area (Å²) in [5, 5.41) is 12.0. The molecule has 16 heavy (non-hydrogen) atoms. The van der Waals surface area contributed by atoms with E-state index in [2.05, 4.69) is 27.0 Å². The van der Waals surface area contributed by atoms with Crippen molar-refractivity contribution in [1.29, 1.82) is 0 Å². The van der Waals surface area contributed by atoms with Gasteiger partial charge in [0.1, 0.15) is 11.6 Å². The molecule has 0 radical (unpaired) electrons. The molecule has 5 heteroatoms. The molecule has 1 aliphatic heterocycles. The summed E-state index contributed by atoms with van der Waals surface area (Å²) >= 11 is 0. The van der Waals surface area contributed by atoms with Crippen molar-refractivity contribution in [3.63, 3.8) is 0 Å². The maximum Gasteiger partial charge on any atom is 0.150 e. The number of nitrogens with one attached hydrogen (secondary N) is 1. The number of hydrogen-bond donors (Lipinski definition) is 1. The minimum atomic E-state index is 0.373. The minimum Gasteiger partial charge on any atom is -0.385 e. The Balaban J connectivity index is 2.07. The van der Waals surface area contributed by atoms with E-state index < -0.39 is 0 Å². The molecule has 2 rings (SSSR count). The van der Waals surface area contributed by atoms with E-state index in [0.717, 1.165) is 50.6 Å². The molecule has 0 spiro atoms. The zero-order valence-corrected chi connectivity index (χ0v) is 10.1. The highest BCUT2D eigenvalue weighted by Crippen LogP contribution is 2.19. The second-order valence-corrected chi connectivity index (χ2v) is 4.14. The van der Waals surface area contributed by atoms with Crippen molar-refractivity contribution in [3.05, 3.63) is 11.6 Å². The van der Waals surface area contributed by atoms with Gasteiger partial charge in [-0.3, -0.25) is 0 Å². The fraction of sp³-hybridized carbons (Fsp3) is 0.818. The summed E-state index contributed by atoms with van der Waals surface area (Å²) in [5.74, 6) is 2.20. The van der Waals surface area contributed by atoms with Crippen LogP contribution < -0.4 is 5.32 Å².